The fraction of sp³-hybridized carbons (Fsp3) is 0.538. The second-order valence-corrected chi connectivity index (χ2v) is 5.56. The summed E-state index contributed by atoms with van der Waals surface area (Å²) in [6.07, 6.45) is 2.17. The molecule has 0 spiro atoms. The van der Waals surface area contributed by atoms with Crippen LogP contribution in [0.25, 0.3) is 0 Å². The number of aromatic nitrogens is 2. The standard InChI is InChI=1S/C13H17N3O5/c1-13(11(19)20)3-2-4-16(7-13)9(17)5-8-6-14-12(21)15-10(8)18/h6H,2-5,7H2,1H3,(H,19,20)(H2,14,15,18,21). The zero-order chi connectivity index (χ0) is 15.6. The Balaban J connectivity index is 2.11. The molecule has 1 amide bonds. The predicted molar refractivity (Wildman–Crippen MR) is 72.9 cm³/mol. The molecule has 1 saturated heterocycles. The minimum Gasteiger partial charge on any atom is -0.481 e. The molecule has 8 nitrogen and oxygen atoms in total. The summed E-state index contributed by atoms with van der Waals surface area (Å²) in [6, 6.07) is 0. The number of carboxylic acid groups (broad SMARTS) is 1. The van der Waals surface area contributed by atoms with Crippen molar-refractivity contribution in [1.82, 2.24) is 14.9 Å². The van der Waals surface area contributed by atoms with Crippen LogP contribution in [0.3, 0.4) is 0 Å². The quantitative estimate of drug-likeness (QED) is 0.681. The van der Waals surface area contributed by atoms with Crippen LogP contribution in [0.1, 0.15) is 25.3 Å². The van der Waals surface area contributed by atoms with Crippen molar-refractivity contribution in [3.8, 4) is 0 Å². The smallest absolute Gasteiger partial charge is 0.325 e. The molecule has 2 rings (SSSR count). The number of nitrogens with zero attached hydrogens (tertiary/aromatic N) is 1. The number of nitrogens with one attached hydrogen (secondary N) is 2. The van der Waals surface area contributed by atoms with Crippen molar-refractivity contribution < 1.29 is 14.7 Å². The first-order valence-electron chi connectivity index (χ1n) is 6.64. The Morgan fingerprint density at radius 2 is 2.14 bits per heavy atom. The van der Waals surface area contributed by atoms with E-state index in [4.69, 9.17) is 0 Å². The zero-order valence-corrected chi connectivity index (χ0v) is 11.6. The van der Waals surface area contributed by atoms with Gasteiger partial charge in [-0.3, -0.25) is 19.4 Å². The van der Waals surface area contributed by atoms with Crippen molar-refractivity contribution in [3.63, 3.8) is 0 Å². The first-order chi connectivity index (χ1) is 9.82. The van der Waals surface area contributed by atoms with E-state index in [2.05, 4.69) is 9.97 Å². The summed E-state index contributed by atoms with van der Waals surface area (Å²) in [6.45, 7) is 2.22. The summed E-state index contributed by atoms with van der Waals surface area (Å²) >= 11 is 0. The van der Waals surface area contributed by atoms with Crippen LogP contribution >= 0.6 is 0 Å². The maximum atomic E-state index is 12.2. The molecule has 0 aromatic carbocycles. The Labute approximate surface area is 119 Å². The van der Waals surface area contributed by atoms with Crippen LogP contribution < -0.4 is 11.2 Å². The normalized spacial score (nSPS) is 22.0. The maximum Gasteiger partial charge on any atom is 0.325 e. The molecule has 0 saturated carbocycles. The number of H-pyrrole nitrogens is 2. The van der Waals surface area contributed by atoms with E-state index in [-0.39, 0.29) is 24.4 Å². The first kappa shape index (κ1) is 15.0. The third kappa shape index (κ3) is 3.21. The van der Waals surface area contributed by atoms with E-state index < -0.39 is 22.6 Å². The van der Waals surface area contributed by atoms with Gasteiger partial charge in [0.1, 0.15) is 0 Å². The van der Waals surface area contributed by atoms with Crippen molar-refractivity contribution in [3.05, 3.63) is 32.6 Å². The van der Waals surface area contributed by atoms with E-state index in [0.717, 1.165) is 0 Å². The number of hydrogen-bond donors (Lipinski definition) is 3. The molecule has 1 unspecified atom stereocenters. The molecule has 1 aliphatic rings. The number of aliphatic carboxylic acids is 1. The van der Waals surface area contributed by atoms with Crippen LogP contribution in [0.15, 0.2) is 15.8 Å². The van der Waals surface area contributed by atoms with Gasteiger partial charge in [-0.05, 0) is 19.8 Å². The SMILES string of the molecule is CC1(C(=O)O)CCCN(C(=O)Cc2c[nH]c(=O)[nH]c2=O)C1. The molecular formula is C13H17N3O5. The van der Waals surface area contributed by atoms with E-state index in [9.17, 15) is 24.3 Å². The molecule has 8 heteroatoms. The number of carbonyl (C=O) groups is 2. The number of carboxylic acids is 1. The number of likely N-dealkylation sites (tertiary alicyclic amines) is 1. The van der Waals surface area contributed by atoms with Gasteiger partial charge in [-0.2, -0.15) is 0 Å². The van der Waals surface area contributed by atoms with Gasteiger partial charge in [0.15, 0.2) is 0 Å². The third-order valence-corrected chi connectivity index (χ3v) is 3.80. The molecule has 1 atom stereocenters. The van der Waals surface area contributed by atoms with Crippen molar-refractivity contribution in [2.75, 3.05) is 13.1 Å². The van der Waals surface area contributed by atoms with E-state index >= 15 is 0 Å². The molecule has 2 heterocycles. The molecule has 1 aromatic heterocycles. The predicted octanol–water partition coefficient (Wildman–Crippen LogP) is -0.681. The molecule has 114 valence electrons. The molecule has 1 aliphatic heterocycles. The van der Waals surface area contributed by atoms with Crippen molar-refractivity contribution >= 4 is 11.9 Å². The highest BCUT2D eigenvalue weighted by atomic mass is 16.4. The van der Waals surface area contributed by atoms with E-state index in [0.29, 0.717) is 19.4 Å². The van der Waals surface area contributed by atoms with Gasteiger partial charge in [0.05, 0.1) is 11.8 Å². The van der Waals surface area contributed by atoms with E-state index in [1.807, 2.05) is 0 Å². The third-order valence-electron chi connectivity index (χ3n) is 3.80. The largest absolute Gasteiger partial charge is 0.481 e. The van der Waals surface area contributed by atoms with Crippen LogP contribution in [0, 0.1) is 5.41 Å². The van der Waals surface area contributed by atoms with Gasteiger partial charge in [-0.25, -0.2) is 4.79 Å². The minimum atomic E-state index is -0.953. The second-order valence-electron chi connectivity index (χ2n) is 5.56. The van der Waals surface area contributed by atoms with Gasteiger partial charge >= 0.3 is 11.7 Å². The Morgan fingerprint density at radius 3 is 2.76 bits per heavy atom. The Bertz CT molecular complexity index is 677. The number of hydrogen-bond acceptors (Lipinski definition) is 4. The second kappa shape index (κ2) is 5.55. The maximum absolute atomic E-state index is 12.2. The van der Waals surface area contributed by atoms with Crippen LogP contribution in [0.4, 0.5) is 0 Å². The molecule has 3 N–H and O–H groups in total. The summed E-state index contributed by atoms with van der Waals surface area (Å²) in [4.78, 5) is 51.8. The summed E-state index contributed by atoms with van der Waals surface area (Å²) in [7, 11) is 0. The number of rotatable bonds is 3. The fourth-order valence-electron chi connectivity index (χ4n) is 2.47. The number of carbonyl (C=O) groups excluding carboxylic acids is 1. The highest BCUT2D eigenvalue weighted by Gasteiger charge is 2.39. The number of piperidine rings is 1. The molecule has 1 fully saturated rings. The van der Waals surface area contributed by atoms with Crippen LogP contribution in [-0.4, -0.2) is 44.9 Å². The van der Waals surface area contributed by atoms with Crippen molar-refractivity contribution in [2.45, 2.75) is 26.2 Å². The van der Waals surface area contributed by atoms with Gasteiger partial charge in [-0.1, -0.05) is 0 Å². The first-order valence-corrected chi connectivity index (χ1v) is 6.64. The fourth-order valence-corrected chi connectivity index (χ4v) is 2.47. The lowest BCUT2D eigenvalue weighted by atomic mass is 9.82. The van der Waals surface area contributed by atoms with E-state index in [1.165, 1.54) is 11.1 Å². The van der Waals surface area contributed by atoms with Gasteiger partial charge < -0.3 is 15.0 Å². The summed E-state index contributed by atoms with van der Waals surface area (Å²) in [5.41, 5.74) is -2.04. The van der Waals surface area contributed by atoms with Gasteiger partial charge in [0, 0.05) is 24.8 Å². The summed E-state index contributed by atoms with van der Waals surface area (Å²) < 4.78 is 0. The topological polar surface area (TPSA) is 123 Å². The highest BCUT2D eigenvalue weighted by molar-refractivity contribution is 5.81. The Morgan fingerprint density at radius 1 is 1.43 bits per heavy atom. The average Bonchev–Trinajstić information content (AvgIpc) is 2.41. The van der Waals surface area contributed by atoms with E-state index in [1.54, 1.807) is 6.92 Å². The highest BCUT2D eigenvalue weighted by Crippen LogP contribution is 2.29. The van der Waals surface area contributed by atoms with Gasteiger partial charge in [0.25, 0.3) is 5.56 Å². The molecule has 0 bridgehead atoms. The summed E-state index contributed by atoms with van der Waals surface area (Å²) in [5.74, 6) is -1.25. The number of amides is 1. The zero-order valence-electron chi connectivity index (χ0n) is 11.6. The van der Waals surface area contributed by atoms with Crippen LogP contribution in [-0.2, 0) is 16.0 Å². The number of aromatic amines is 2. The monoisotopic (exact) mass is 295 g/mol. The lowest BCUT2D eigenvalue weighted by molar-refractivity contribution is -0.153. The lowest BCUT2D eigenvalue weighted by Gasteiger charge is -2.37. The van der Waals surface area contributed by atoms with Crippen molar-refractivity contribution in [2.24, 2.45) is 5.41 Å². The van der Waals surface area contributed by atoms with Crippen molar-refractivity contribution in [1.29, 1.82) is 0 Å². The molecule has 1 aromatic rings. The average molecular weight is 295 g/mol. The summed E-state index contributed by atoms with van der Waals surface area (Å²) in [5, 5.41) is 9.23. The molecular weight excluding hydrogens is 278 g/mol. The van der Waals surface area contributed by atoms with Crippen LogP contribution in [0.2, 0.25) is 0 Å². The Hall–Kier alpha value is -2.38. The molecule has 0 aliphatic carbocycles. The lowest BCUT2D eigenvalue weighted by Crippen LogP contribution is -2.49. The van der Waals surface area contributed by atoms with Gasteiger partial charge in [0.2, 0.25) is 5.91 Å². The minimum absolute atomic E-state index is 0.127. The Kier molecular flexibility index (Phi) is 3.97. The van der Waals surface area contributed by atoms with Gasteiger partial charge in [-0.15, -0.1) is 0 Å². The molecule has 0 radical (unpaired) electrons. The van der Waals surface area contributed by atoms with Crippen LogP contribution in [0.5, 0.6) is 0 Å². The molecule has 21 heavy (non-hydrogen) atoms.